The predicted octanol–water partition coefficient (Wildman–Crippen LogP) is 0.749. The molecular weight excluding hydrogens is 454 g/mol. The van der Waals surface area contributed by atoms with Gasteiger partial charge >= 0.3 is 26.2 Å². The van der Waals surface area contributed by atoms with Crippen molar-refractivity contribution in [2.75, 3.05) is 0 Å². The van der Waals surface area contributed by atoms with E-state index in [4.69, 9.17) is 0 Å². The van der Waals surface area contributed by atoms with Crippen LogP contribution in [0.15, 0.2) is 34.4 Å². The second-order valence-electron chi connectivity index (χ2n) is 8.49. The summed E-state index contributed by atoms with van der Waals surface area (Å²) in [6, 6.07) is 0. The second kappa shape index (κ2) is 15.5. The summed E-state index contributed by atoms with van der Waals surface area (Å²) in [5.41, 5.74) is 6.28. The maximum Gasteiger partial charge on any atom is 4.00 e. The van der Waals surface area contributed by atoms with Gasteiger partial charge in [-0.05, 0) is 10.8 Å². The van der Waals surface area contributed by atoms with E-state index in [-0.39, 0.29) is 51.0 Å². The van der Waals surface area contributed by atoms with Gasteiger partial charge in [0.05, 0.1) is 0 Å². The molecule has 0 aliphatic heterocycles. The Morgan fingerprint density at radius 2 is 0.962 bits per heavy atom. The van der Waals surface area contributed by atoms with E-state index in [2.05, 4.69) is 92.8 Å². The molecule has 0 N–H and O–H groups in total. The molecule has 0 nitrogen and oxygen atoms in total. The van der Waals surface area contributed by atoms with Crippen LogP contribution in [0.25, 0.3) is 0 Å². The van der Waals surface area contributed by atoms with E-state index in [1.165, 1.54) is 22.3 Å². The first-order chi connectivity index (χ1) is 10.4. The fourth-order valence-corrected chi connectivity index (χ4v) is 2.16. The smallest absolute Gasteiger partial charge is 1.00 e. The Kier molecular flexibility index (Phi) is 20.4. The zero-order valence-corrected chi connectivity index (χ0v) is 23.5. The number of hydrogen-bond donors (Lipinski definition) is 0. The first kappa shape index (κ1) is 34.2. The number of hydrogen-bond acceptors (Lipinski definition) is 0. The maximum absolute atomic E-state index is 3.30. The van der Waals surface area contributed by atoms with Crippen LogP contribution in [0.3, 0.4) is 0 Å². The fraction of sp³-hybridized carbons (Fsp3) is 0.636. The molecule has 0 unspecified atom stereocenters. The normalized spacial score (nSPS) is 15.2. The summed E-state index contributed by atoms with van der Waals surface area (Å²) >= 11 is 0. The van der Waals surface area contributed by atoms with E-state index in [1.807, 2.05) is 0 Å². The predicted molar refractivity (Wildman–Crippen MR) is 108 cm³/mol. The summed E-state index contributed by atoms with van der Waals surface area (Å²) in [5.74, 6) is 0. The fourth-order valence-electron chi connectivity index (χ4n) is 2.16. The van der Waals surface area contributed by atoms with Gasteiger partial charge in [0, 0.05) is 9.52 Å². The van der Waals surface area contributed by atoms with E-state index < -0.39 is 0 Å². The molecule has 26 heavy (non-hydrogen) atoms. The number of allylic oxidation sites excluding steroid dienone is 8. The van der Waals surface area contributed by atoms with Crippen molar-refractivity contribution in [1.29, 1.82) is 0 Å². The molecule has 0 saturated carbocycles. The molecule has 0 amide bonds. The van der Waals surface area contributed by atoms with Gasteiger partial charge in [-0.25, -0.2) is 23.3 Å². The van der Waals surface area contributed by atoms with E-state index >= 15 is 0 Å². The van der Waals surface area contributed by atoms with Crippen molar-refractivity contribution in [3.63, 3.8) is 0 Å². The van der Waals surface area contributed by atoms with Crippen molar-refractivity contribution in [1.82, 2.24) is 0 Å². The minimum Gasteiger partial charge on any atom is -1.00 e. The molecule has 0 bridgehead atoms. The molecule has 0 aromatic rings. The van der Waals surface area contributed by atoms with Gasteiger partial charge in [0.15, 0.2) is 0 Å². The van der Waals surface area contributed by atoms with Crippen molar-refractivity contribution in [2.45, 2.75) is 81.3 Å². The van der Waals surface area contributed by atoms with Crippen LogP contribution >= 0.6 is 0 Å². The van der Waals surface area contributed by atoms with Crippen LogP contribution in [0.4, 0.5) is 0 Å². The van der Waals surface area contributed by atoms with Gasteiger partial charge in [0.1, 0.15) is 0 Å². The summed E-state index contributed by atoms with van der Waals surface area (Å²) in [6.07, 6.45) is 13.2. The van der Waals surface area contributed by atoms with Gasteiger partial charge in [-0.3, -0.25) is 12.2 Å². The number of halogens is 2. The van der Waals surface area contributed by atoms with Crippen LogP contribution in [0, 0.1) is 23.0 Å². The standard InChI is InChI=1S/2C10H15.C2H7Si.2ClH.Zr/c2*1-8-5-6-9(7-8)10(2,3)4;1-3-2;;;/h2*7H,6H2,1-4H3;3H,1-2H3;2*1H;/q2*-1;;;;+4/p-2. The van der Waals surface area contributed by atoms with Gasteiger partial charge in [-0.2, -0.15) is 11.1 Å². The molecule has 2 rings (SSSR count). The molecule has 2 aliphatic carbocycles. The summed E-state index contributed by atoms with van der Waals surface area (Å²) in [4.78, 5) is 0. The molecule has 4 heteroatoms. The zero-order chi connectivity index (χ0) is 18.3. The Morgan fingerprint density at radius 1 is 0.731 bits per heavy atom. The molecule has 0 aromatic heterocycles. The van der Waals surface area contributed by atoms with Gasteiger partial charge in [0.2, 0.25) is 0 Å². The molecule has 2 aliphatic rings. The molecule has 0 spiro atoms. The topological polar surface area (TPSA) is 0 Å². The molecule has 147 valence electrons. The van der Waals surface area contributed by atoms with E-state index in [0.29, 0.717) is 10.8 Å². The molecule has 0 heterocycles. The van der Waals surface area contributed by atoms with Gasteiger partial charge < -0.3 is 24.8 Å². The SMILES string of the molecule is CC1=[C-]CC(C(C)(C)C)=C1.CC1=[C-]CC(C(C)(C)C)=C1.C[SiH]C.[Cl-].[Cl-].[Zr+4]. The zero-order valence-electron chi connectivity index (χ0n) is 18.4. The summed E-state index contributed by atoms with van der Waals surface area (Å²) in [5, 5.41) is 0. The van der Waals surface area contributed by atoms with Crippen molar-refractivity contribution in [3.05, 3.63) is 46.6 Å². The van der Waals surface area contributed by atoms with E-state index in [1.54, 1.807) is 0 Å². The quantitative estimate of drug-likeness (QED) is 0.347. The minimum absolute atomic E-state index is 0. The van der Waals surface area contributed by atoms with Gasteiger partial charge in [-0.15, -0.1) is 12.8 Å². The minimum atomic E-state index is 0. The first-order valence-corrected chi connectivity index (χ1v) is 11.0. The average molecular weight is 492 g/mol. The maximum atomic E-state index is 3.30. The summed E-state index contributed by atoms with van der Waals surface area (Å²) in [7, 11) is 0.750. The molecule has 0 fully saturated rings. The Hall–Kier alpha value is 0.640. The van der Waals surface area contributed by atoms with Gasteiger partial charge in [-0.1, -0.05) is 68.5 Å². The summed E-state index contributed by atoms with van der Waals surface area (Å²) < 4.78 is 0. The Morgan fingerprint density at radius 3 is 1.04 bits per heavy atom. The van der Waals surface area contributed by atoms with Crippen molar-refractivity contribution in [3.8, 4) is 0 Å². The van der Waals surface area contributed by atoms with Crippen LogP contribution in [-0.2, 0) is 26.2 Å². The van der Waals surface area contributed by atoms with E-state index in [0.717, 1.165) is 22.4 Å². The Bertz CT molecular complexity index is 455. The van der Waals surface area contributed by atoms with Gasteiger partial charge in [0.25, 0.3) is 0 Å². The van der Waals surface area contributed by atoms with Crippen LogP contribution in [0.2, 0.25) is 13.1 Å². The van der Waals surface area contributed by atoms with Crippen LogP contribution in [0.5, 0.6) is 0 Å². The summed E-state index contributed by atoms with van der Waals surface area (Å²) in [6.45, 7) is 22.1. The third-order valence-electron chi connectivity index (χ3n) is 3.82. The molecule has 1 radical (unpaired) electrons. The monoisotopic (exact) mass is 489 g/mol. The molecule has 0 aromatic carbocycles. The van der Waals surface area contributed by atoms with Crippen LogP contribution in [-0.4, -0.2) is 9.52 Å². The van der Waals surface area contributed by atoms with Crippen molar-refractivity contribution in [2.24, 2.45) is 10.8 Å². The molecular formula is C22H37Cl2SiZr. The third kappa shape index (κ3) is 14.7. The first-order valence-electron chi connectivity index (χ1n) is 8.72. The largest absolute Gasteiger partial charge is 4.00 e. The van der Waals surface area contributed by atoms with E-state index in [9.17, 15) is 0 Å². The number of rotatable bonds is 0. The molecule has 0 saturated heterocycles. The van der Waals surface area contributed by atoms with Crippen LogP contribution in [0.1, 0.15) is 68.2 Å². The van der Waals surface area contributed by atoms with Crippen LogP contribution < -0.4 is 24.8 Å². The molecule has 0 atom stereocenters. The van der Waals surface area contributed by atoms with Crippen molar-refractivity contribution >= 4 is 9.52 Å². The third-order valence-corrected chi connectivity index (χ3v) is 3.82. The Labute approximate surface area is 198 Å². The average Bonchev–Trinajstić information content (AvgIpc) is 2.98. The Balaban J connectivity index is -0.000000147. The second-order valence-corrected chi connectivity index (χ2v) is 9.64. The van der Waals surface area contributed by atoms with Crippen molar-refractivity contribution < 1.29 is 51.0 Å².